The minimum Gasteiger partial charge on any atom is -0.382 e. The van der Waals surface area contributed by atoms with Crippen molar-refractivity contribution in [3.8, 4) is 0 Å². The van der Waals surface area contributed by atoms with Gasteiger partial charge in [0, 0.05) is 13.0 Å². The Morgan fingerprint density at radius 1 is 1.62 bits per heavy atom. The summed E-state index contributed by atoms with van der Waals surface area (Å²) in [5.74, 6) is 0.0596. The quantitative estimate of drug-likeness (QED) is 0.574. The number of carbonyl (C=O) groups excluding carboxylic acids is 1. The van der Waals surface area contributed by atoms with Crippen molar-refractivity contribution in [2.45, 2.75) is 6.42 Å². The molecule has 0 aromatic carbocycles. The minimum atomic E-state index is -0.191. The topological polar surface area (TPSA) is 107 Å². The zero-order valence-electron chi connectivity index (χ0n) is 7.03. The molecule has 0 atom stereocenters. The van der Waals surface area contributed by atoms with E-state index in [1.54, 1.807) is 0 Å². The summed E-state index contributed by atoms with van der Waals surface area (Å²) in [6.07, 6.45) is 3.01. The van der Waals surface area contributed by atoms with Gasteiger partial charge < -0.3 is 16.8 Å². The van der Waals surface area contributed by atoms with Gasteiger partial charge in [0.1, 0.15) is 12.0 Å². The Labute approximate surface area is 75.4 Å². The first-order chi connectivity index (χ1) is 6.24. The molecule has 70 valence electrons. The highest BCUT2D eigenvalue weighted by molar-refractivity contribution is 5.92. The molecule has 1 rings (SSSR count). The van der Waals surface area contributed by atoms with Crippen LogP contribution < -0.4 is 16.8 Å². The molecule has 0 bridgehead atoms. The van der Waals surface area contributed by atoms with Gasteiger partial charge in [-0.15, -0.1) is 0 Å². The van der Waals surface area contributed by atoms with Crippen LogP contribution in [0, 0.1) is 0 Å². The van der Waals surface area contributed by atoms with Crippen molar-refractivity contribution in [3.05, 3.63) is 12.5 Å². The van der Waals surface area contributed by atoms with Crippen LogP contribution in [-0.4, -0.2) is 22.4 Å². The van der Waals surface area contributed by atoms with Crippen molar-refractivity contribution in [3.63, 3.8) is 0 Å². The number of rotatable bonds is 3. The fourth-order valence-corrected chi connectivity index (χ4v) is 0.779. The van der Waals surface area contributed by atoms with E-state index in [2.05, 4.69) is 15.3 Å². The molecule has 1 heterocycles. The third-order valence-corrected chi connectivity index (χ3v) is 1.39. The van der Waals surface area contributed by atoms with Crippen LogP contribution in [0.15, 0.2) is 12.5 Å². The number of nitrogen functional groups attached to an aromatic ring is 1. The van der Waals surface area contributed by atoms with E-state index in [1.165, 1.54) is 12.5 Å². The summed E-state index contributed by atoms with van der Waals surface area (Å²) in [4.78, 5) is 18.5. The predicted octanol–water partition coefficient (Wildman–Crippen LogP) is -0.654. The Hall–Kier alpha value is -1.69. The highest BCUT2D eigenvalue weighted by Gasteiger charge is 2.03. The molecule has 0 radical (unpaired) electrons. The molecule has 0 aliphatic rings. The molecule has 6 heteroatoms. The molecule has 6 nitrogen and oxygen atoms in total. The van der Waals surface area contributed by atoms with Gasteiger partial charge in [-0.2, -0.15) is 0 Å². The second-order valence-corrected chi connectivity index (χ2v) is 2.41. The van der Waals surface area contributed by atoms with Gasteiger partial charge in [-0.25, -0.2) is 9.97 Å². The molecule has 0 unspecified atom stereocenters. The van der Waals surface area contributed by atoms with E-state index in [-0.39, 0.29) is 18.1 Å². The summed E-state index contributed by atoms with van der Waals surface area (Å²) in [7, 11) is 0. The second-order valence-electron chi connectivity index (χ2n) is 2.41. The third kappa shape index (κ3) is 2.68. The molecule has 1 aromatic heterocycles. The van der Waals surface area contributed by atoms with E-state index < -0.39 is 0 Å². The van der Waals surface area contributed by atoms with Crippen molar-refractivity contribution >= 4 is 17.4 Å². The highest BCUT2D eigenvalue weighted by Crippen LogP contribution is 2.11. The molecule has 13 heavy (non-hydrogen) atoms. The van der Waals surface area contributed by atoms with Crippen molar-refractivity contribution in [2.24, 2.45) is 5.73 Å². The molecular formula is C7H11N5O. The molecule has 0 aliphatic carbocycles. The largest absolute Gasteiger partial charge is 0.382 e. The van der Waals surface area contributed by atoms with Gasteiger partial charge in [-0.05, 0) is 0 Å². The number of amides is 1. The first-order valence-electron chi connectivity index (χ1n) is 3.79. The first-order valence-corrected chi connectivity index (χ1v) is 3.79. The van der Waals surface area contributed by atoms with Gasteiger partial charge in [-0.1, -0.05) is 0 Å². The van der Waals surface area contributed by atoms with E-state index in [4.69, 9.17) is 11.5 Å². The van der Waals surface area contributed by atoms with Gasteiger partial charge in [0.15, 0.2) is 5.82 Å². The highest BCUT2D eigenvalue weighted by atomic mass is 16.1. The fourth-order valence-electron chi connectivity index (χ4n) is 0.779. The molecule has 0 fully saturated rings. The van der Waals surface area contributed by atoms with E-state index >= 15 is 0 Å². The monoisotopic (exact) mass is 181 g/mol. The summed E-state index contributed by atoms with van der Waals surface area (Å²) >= 11 is 0. The molecular weight excluding hydrogens is 170 g/mol. The molecule has 1 amide bonds. The Balaban J connectivity index is 2.63. The molecule has 0 saturated heterocycles. The van der Waals surface area contributed by atoms with E-state index in [0.717, 1.165) is 0 Å². The molecule has 5 N–H and O–H groups in total. The Morgan fingerprint density at radius 3 is 3.00 bits per heavy atom. The van der Waals surface area contributed by atoms with Gasteiger partial charge in [0.2, 0.25) is 5.91 Å². The lowest BCUT2D eigenvalue weighted by molar-refractivity contribution is -0.116. The average Bonchev–Trinajstić information content (AvgIpc) is 2.09. The number of hydrogen-bond acceptors (Lipinski definition) is 5. The Kier molecular flexibility index (Phi) is 3.15. The maximum atomic E-state index is 11.1. The molecule has 0 saturated carbocycles. The van der Waals surface area contributed by atoms with E-state index in [9.17, 15) is 4.79 Å². The number of carbonyl (C=O) groups is 1. The number of aromatic nitrogens is 2. The van der Waals surface area contributed by atoms with Crippen LogP contribution in [0.3, 0.4) is 0 Å². The average molecular weight is 181 g/mol. The maximum absolute atomic E-state index is 11.1. The lowest BCUT2D eigenvalue weighted by Gasteiger charge is -2.04. The minimum absolute atomic E-state index is 0.191. The zero-order valence-corrected chi connectivity index (χ0v) is 7.03. The van der Waals surface area contributed by atoms with Crippen molar-refractivity contribution < 1.29 is 4.79 Å². The zero-order chi connectivity index (χ0) is 9.68. The SMILES string of the molecule is NCCC(=O)Nc1cncnc1N. The summed E-state index contributed by atoms with van der Waals surface area (Å²) in [6.45, 7) is 0.305. The Bertz CT molecular complexity index is 301. The molecule has 1 aromatic rings. The van der Waals surface area contributed by atoms with Gasteiger partial charge in [0.25, 0.3) is 0 Å². The van der Waals surface area contributed by atoms with Crippen LogP contribution >= 0.6 is 0 Å². The maximum Gasteiger partial charge on any atom is 0.225 e. The number of nitrogens with one attached hydrogen (secondary N) is 1. The lowest BCUT2D eigenvalue weighted by atomic mass is 10.4. The number of nitrogens with zero attached hydrogens (tertiary/aromatic N) is 2. The van der Waals surface area contributed by atoms with Crippen molar-refractivity contribution in [1.82, 2.24) is 9.97 Å². The van der Waals surface area contributed by atoms with E-state index in [1.807, 2.05) is 0 Å². The second kappa shape index (κ2) is 4.36. The van der Waals surface area contributed by atoms with Gasteiger partial charge >= 0.3 is 0 Å². The molecule has 0 aliphatic heterocycles. The van der Waals surface area contributed by atoms with Gasteiger partial charge in [-0.3, -0.25) is 4.79 Å². The van der Waals surface area contributed by atoms with Crippen molar-refractivity contribution in [2.75, 3.05) is 17.6 Å². The summed E-state index contributed by atoms with van der Waals surface area (Å²) in [6, 6.07) is 0. The summed E-state index contributed by atoms with van der Waals surface area (Å²) in [5, 5.41) is 2.54. The summed E-state index contributed by atoms with van der Waals surface area (Å²) in [5.41, 5.74) is 11.1. The van der Waals surface area contributed by atoms with E-state index in [0.29, 0.717) is 12.2 Å². The van der Waals surface area contributed by atoms with Crippen LogP contribution in [0.4, 0.5) is 11.5 Å². The van der Waals surface area contributed by atoms with Crippen LogP contribution in [0.25, 0.3) is 0 Å². The van der Waals surface area contributed by atoms with Crippen LogP contribution in [-0.2, 0) is 4.79 Å². The van der Waals surface area contributed by atoms with Crippen LogP contribution in [0.1, 0.15) is 6.42 Å². The third-order valence-electron chi connectivity index (χ3n) is 1.39. The predicted molar refractivity (Wildman–Crippen MR) is 48.7 cm³/mol. The normalized spacial score (nSPS) is 9.62. The first kappa shape index (κ1) is 9.40. The standard InChI is InChI=1S/C7H11N5O/c8-2-1-6(13)12-5-3-10-4-11-7(5)9/h3-4H,1-2,8H2,(H,12,13)(H2,9,10,11). The number of anilines is 2. The van der Waals surface area contributed by atoms with Crippen molar-refractivity contribution in [1.29, 1.82) is 0 Å². The number of hydrogen-bond donors (Lipinski definition) is 3. The summed E-state index contributed by atoms with van der Waals surface area (Å²) < 4.78 is 0. The Morgan fingerprint density at radius 2 is 2.38 bits per heavy atom. The van der Waals surface area contributed by atoms with Crippen LogP contribution in [0.2, 0.25) is 0 Å². The molecule has 0 spiro atoms. The van der Waals surface area contributed by atoms with Gasteiger partial charge in [0.05, 0.1) is 6.20 Å². The van der Waals surface area contributed by atoms with Crippen LogP contribution in [0.5, 0.6) is 0 Å². The fraction of sp³-hybridized carbons (Fsp3) is 0.286. The lowest BCUT2D eigenvalue weighted by Crippen LogP contribution is -2.17. The number of nitrogens with two attached hydrogens (primary N) is 2. The smallest absolute Gasteiger partial charge is 0.225 e.